The molecule has 0 radical (unpaired) electrons. The molecule has 7 heteroatoms. The second-order valence-electron chi connectivity index (χ2n) is 4.66. The van der Waals surface area contributed by atoms with E-state index >= 15 is 0 Å². The molecule has 0 aliphatic rings. The van der Waals surface area contributed by atoms with Crippen LogP contribution in [0.3, 0.4) is 0 Å². The Balaban J connectivity index is 2.50. The third-order valence-electron chi connectivity index (χ3n) is 3.28. The highest BCUT2D eigenvalue weighted by Gasteiger charge is 2.21. The van der Waals surface area contributed by atoms with Gasteiger partial charge in [-0.2, -0.15) is 5.10 Å². The van der Waals surface area contributed by atoms with E-state index in [0.717, 1.165) is 29.1 Å². The van der Waals surface area contributed by atoms with Crippen molar-refractivity contribution >= 4 is 28.7 Å². The number of imidazole rings is 1. The summed E-state index contributed by atoms with van der Waals surface area (Å²) in [5, 5.41) is 4.22. The second kappa shape index (κ2) is 5.83. The van der Waals surface area contributed by atoms with Gasteiger partial charge in [-0.25, -0.2) is 4.98 Å². The quantitative estimate of drug-likeness (QED) is 0.627. The minimum Gasteiger partial charge on any atom is -0.469 e. The van der Waals surface area contributed by atoms with Crippen LogP contribution >= 0.6 is 11.6 Å². The van der Waals surface area contributed by atoms with Gasteiger partial charge in [-0.05, 0) is 13.3 Å². The van der Waals surface area contributed by atoms with Crippen molar-refractivity contribution in [3.8, 4) is 0 Å². The zero-order valence-corrected chi connectivity index (χ0v) is 12.9. The standard InChI is InChI=1S/C13H19ClN4O2/c1-5-9-11-13(17(3)16-9)18(7-6-10(19)20-4)12(15-11)8(2)14/h8H,5-7H2,1-4H3. The molecule has 0 saturated carbocycles. The van der Waals surface area contributed by atoms with Crippen molar-refractivity contribution in [2.45, 2.75) is 38.6 Å². The third-order valence-corrected chi connectivity index (χ3v) is 3.47. The van der Waals surface area contributed by atoms with Gasteiger partial charge in [0.2, 0.25) is 0 Å². The number of fused-ring (bicyclic) bond motifs is 1. The van der Waals surface area contributed by atoms with Gasteiger partial charge in [0.1, 0.15) is 11.3 Å². The Morgan fingerprint density at radius 2 is 2.20 bits per heavy atom. The number of halogens is 1. The monoisotopic (exact) mass is 298 g/mol. The van der Waals surface area contributed by atoms with Crippen LogP contribution in [0.5, 0.6) is 0 Å². The van der Waals surface area contributed by atoms with Crippen molar-refractivity contribution in [3.05, 3.63) is 11.5 Å². The molecule has 2 aromatic rings. The van der Waals surface area contributed by atoms with Crippen molar-refractivity contribution in [2.24, 2.45) is 7.05 Å². The summed E-state index contributed by atoms with van der Waals surface area (Å²) in [7, 11) is 3.26. The summed E-state index contributed by atoms with van der Waals surface area (Å²) >= 11 is 6.20. The smallest absolute Gasteiger partial charge is 0.307 e. The lowest BCUT2D eigenvalue weighted by Gasteiger charge is -2.10. The van der Waals surface area contributed by atoms with Crippen LogP contribution in [0.1, 0.15) is 37.2 Å². The normalized spacial score (nSPS) is 12.8. The Labute approximate surface area is 122 Å². The maximum atomic E-state index is 11.4. The molecule has 0 amide bonds. The molecule has 0 aliphatic carbocycles. The lowest BCUT2D eigenvalue weighted by Crippen LogP contribution is -2.12. The molecule has 110 valence electrons. The molecular weight excluding hydrogens is 280 g/mol. The lowest BCUT2D eigenvalue weighted by atomic mass is 10.3. The number of ether oxygens (including phenoxy) is 1. The fourth-order valence-electron chi connectivity index (χ4n) is 2.33. The van der Waals surface area contributed by atoms with Crippen molar-refractivity contribution in [1.82, 2.24) is 19.3 Å². The number of carbonyl (C=O) groups is 1. The number of hydrogen-bond donors (Lipinski definition) is 0. The molecule has 2 rings (SSSR count). The summed E-state index contributed by atoms with van der Waals surface area (Å²) in [4.78, 5) is 16.0. The first-order valence-electron chi connectivity index (χ1n) is 6.62. The molecule has 0 spiro atoms. The maximum Gasteiger partial charge on any atom is 0.307 e. The molecule has 0 saturated heterocycles. The number of rotatable bonds is 5. The number of alkyl halides is 1. The molecular formula is C13H19ClN4O2. The lowest BCUT2D eigenvalue weighted by molar-refractivity contribution is -0.140. The zero-order chi connectivity index (χ0) is 14.9. The predicted molar refractivity (Wildman–Crippen MR) is 76.8 cm³/mol. The van der Waals surface area contributed by atoms with E-state index in [1.54, 1.807) is 4.68 Å². The molecule has 2 aromatic heterocycles. The molecule has 1 atom stereocenters. The van der Waals surface area contributed by atoms with Crippen LogP contribution in [0, 0.1) is 0 Å². The second-order valence-corrected chi connectivity index (χ2v) is 5.31. The Bertz CT molecular complexity index is 630. The van der Waals surface area contributed by atoms with Crippen LogP contribution in [0.4, 0.5) is 0 Å². The van der Waals surface area contributed by atoms with E-state index in [9.17, 15) is 4.79 Å². The van der Waals surface area contributed by atoms with Gasteiger partial charge in [-0.15, -0.1) is 11.6 Å². The van der Waals surface area contributed by atoms with Gasteiger partial charge in [-0.3, -0.25) is 9.48 Å². The highest BCUT2D eigenvalue weighted by atomic mass is 35.5. The van der Waals surface area contributed by atoms with E-state index in [1.807, 2.05) is 25.5 Å². The van der Waals surface area contributed by atoms with Gasteiger partial charge in [0.25, 0.3) is 0 Å². The van der Waals surface area contributed by atoms with E-state index in [0.29, 0.717) is 6.54 Å². The van der Waals surface area contributed by atoms with Crippen LogP contribution in [0.15, 0.2) is 0 Å². The fourth-order valence-corrected chi connectivity index (χ4v) is 2.49. The van der Waals surface area contributed by atoms with E-state index in [-0.39, 0.29) is 17.8 Å². The fraction of sp³-hybridized carbons (Fsp3) is 0.615. The minimum absolute atomic E-state index is 0.232. The van der Waals surface area contributed by atoms with Crippen molar-refractivity contribution in [3.63, 3.8) is 0 Å². The van der Waals surface area contributed by atoms with E-state index in [2.05, 4.69) is 14.8 Å². The number of nitrogens with zero attached hydrogens (tertiary/aromatic N) is 4. The molecule has 2 heterocycles. The first-order chi connectivity index (χ1) is 9.49. The average molecular weight is 299 g/mol. The third kappa shape index (κ3) is 2.52. The number of carbonyl (C=O) groups excluding carboxylic acids is 1. The first-order valence-corrected chi connectivity index (χ1v) is 7.06. The SMILES string of the molecule is CCc1nn(C)c2c1nc(C(C)Cl)n2CCC(=O)OC. The zero-order valence-electron chi connectivity index (χ0n) is 12.2. The van der Waals surface area contributed by atoms with E-state index in [1.165, 1.54) is 7.11 Å². The molecule has 0 aliphatic heterocycles. The van der Waals surface area contributed by atoms with Crippen LogP contribution in [-0.4, -0.2) is 32.4 Å². The molecule has 1 unspecified atom stereocenters. The van der Waals surface area contributed by atoms with Gasteiger partial charge in [0, 0.05) is 13.6 Å². The van der Waals surface area contributed by atoms with E-state index < -0.39 is 0 Å². The highest BCUT2D eigenvalue weighted by Crippen LogP contribution is 2.26. The Kier molecular flexibility index (Phi) is 4.32. The molecule has 6 nitrogen and oxygen atoms in total. The summed E-state index contributed by atoms with van der Waals surface area (Å²) in [6, 6.07) is 0. The van der Waals surface area contributed by atoms with Gasteiger partial charge in [0.05, 0.1) is 24.6 Å². The molecule has 20 heavy (non-hydrogen) atoms. The summed E-state index contributed by atoms with van der Waals surface area (Å²) in [5.74, 6) is 0.506. The average Bonchev–Trinajstić information content (AvgIpc) is 2.94. The number of hydrogen-bond acceptors (Lipinski definition) is 4. The Morgan fingerprint density at radius 3 is 2.75 bits per heavy atom. The Hall–Kier alpha value is -1.56. The van der Waals surface area contributed by atoms with Gasteiger partial charge >= 0.3 is 5.97 Å². The number of aryl methyl sites for hydroxylation is 3. The maximum absolute atomic E-state index is 11.4. The minimum atomic E-state index is -0.252. The molecule has 0 bridgehead atoms. The Morgan fingerprint density at radius 1 is 1.50 bits per heavy atom. The number of methoxy groups -OCH3 is 1. The predicted octanol–water partition coefficient (Wildman–Crippen LogP) is 2.20. The highest BCUT2D eigenvalue weighted by molar-refractivity contribution is 6.20. The van der Waals surface area contributed by atoms with Gasteiger partial charge in [-0.1, -0.05) is 6.92 Å². The topological polar surface area (TPSA) is 61.9 Å². The van der Waals surface area contributed by atoms with Crippen LogP contribution in [-0.2, 0) is 29.5 Å². The summed E-state index contributed by atoms with van der Waals surface area (Å²) in [6.07, 6.45) is 1.09. The molecule has 0 aromatic carbocycles. The van der Waals surface area contributed by atoms with Crippen molar-refractivity contribution in [1.29, 1.82) is 0 Å². The van der Waals surface area contributed by atoms with Crippen molar-refractivity contribution in [2.75, 3.05) is 7.11 Å². The molecule has 0 fully saturated rings. The summed E-state index contributed by atoms with van der Waals surface area (Å²) in [5.41, 5.74) is 2.70. The summed E-state index contributed by atoms with van der Waals surface area (Å²) in [6.45, 7) is 4.40. The van der Waals surface area contributed by atoms with Gasteiger partial charge < -0.3 is 9.30 Å². The summed E-state index contributed by atoms with van der Waals surface area (Å²) < 4.78 is 8.44. The van der Waals surface area contributed by atoms with Crippen LogP contribution in [0.2, 0.25) is 0 Å². The van der Waals surface area contributed by atoms with Crippen LogP contribution in [0.25, 0.3) is 11.2 Å². The van der Waals surface area contributed by atoms with E-state index in [4.69, 9.17) is 11.6 Å². The van der Waals surface area contributed by atoms with Crippen molar-refractivity contribution < 1.29 is 9.53 Å². The number of esters is 1. The largest absolute Gasteiger partial charge is 0.469 e. The molecule has 0 N–H and O–H groups in total. The number of aromatic nitrogens is 4. The van der Waals surface area contributed by atoms with Gasteiger partial charge in [0.15, 0.2) is 5.65 Å². The first kappa shape index (κ1) is 14.8. The van der Waals surface area contributed by atoms with Crippen LogP contribution < -0.4 is 0 Å².